The molecule has 0 radical (unpaired) electrons. The zero-order valence-corrected chi connectivity index (χ0v) is 12.1. The summed E-state index contributed by atoms with van der Waals surface area (Å²) in [5, 5.41) is 6.16. The van der Waals surface area contributed by atoms with Crippen LogP contribution >= 0.6 is 0 Å². The monoisotopic (exact) mass is 324 g/mol. The normalized spacial score (nSPS) is 18.7. The van der Waals surface area contributed by atoms with Crippen LogP contribution in [0.25, 0.3) is 0 Å². The number of rotatable bonds is 3. The third kappa shape index (κ3) is 3.96. The average molecular weight is 324 g/mol. The van der Waals surface area contributed by atoms with E-state index in [1.165, 1.54) is 12.1 Å². The Morgan fingerprint density at radius 1 is 1.09 bits per heavy atom. The van der Waals surface area contributed by atoms with Crippen molar-refractivity contribution in [3.8, 4) is 0 Å². The average Bonchev–Trinajstić information content (AvgIpc) is 2.56. The van der Waals surface area contributed by atoms with Crippen molar-refractivity contribution in [2.75, 3.05) is 25.0 Å². The van der Waals surface area contributed by atoms with Gasteiger partial charge in [0.15, 0.2) is 5.82 Å². The molecule has 122 valence electrons. The quantitative estimate of drug-likeness (QED) is 0.909. The summed E-state index contributed by atoms with van der Waals surface area (Å²) in [7, 11) is 0. The Labute approximate surface area is 130 Å². The molecule has 1 aliphatic rings. The van der Waals surface area contributed by atoms with Crippen molar-refractivity contribution < 1.29 is 17.9 Å². The highest BCUT2D eigenvalue weighted by atomic mass is 19.4. The highest BCUT2D eigenvalue weighted by molar-refractivity contribution is 5.58. The minimum Gasteiger partial charge on any atom is -0.368 e. The van der Waals surface area contributed by atoms with E-state index < -0.39 is 11.7 Å². The third-order valence-electron chi connectivity index (χ3n) is 3.39. The molecule has 5 nitrogen and oxygen atoms in total. The molecule has 1 atom stereocenters. The minimum atomic E-state index is -4.34. The number of nitrogens with zero attached hydrogens (tertiary/aromatic N) is 2. The number of benzene rings is 1. The highest BCUT2D eigenvalue weighted by Gasteiger charge is 2.29. The van der Waals surface area contributed by atoms with Gasteiger partial charge in [0.05, 0.1) is 30.3 Å². The van der Waals surface area contributed by atoms with Crippen molar-refractivity contribution in [1.82, 2.24) is 15.3 Å². The van der Waals surface area contributed by atoms with Gasteiger partial charge in [-0.05, 0) is 24.3 Å². The Morgan fingerprint density at radius 2 is 1.78 bits per heavy atom. The third-order valence-corrected chi connectivity index (χ3v) is 3.39. The Balaban J connectivity index is 1.66. The fourth-order valence-corrected chi connectivity index (χ4v) is 2.21. The summed E-state index contributed by atoms with van der Waals surface area (Å²) in [5.74, 6) is 0.579. The second-order valence-electron chi connectivity index (χ2n) is 5.09. The Kier molecular flexibility index (Phi) is 4.44. The molecule has 0 spiro atoms. The van der Waals surface area contributed by atoms with Gasteiger partial charge in [0.1, 0.15) is 6.10 Å². The smallest absolute Gasteiger partial charge is 0.368 e. The molecule has 0 aliphatic carbocycles. The van der Waals surface area contributed by atoms with Crippen LogP contribution in [-0.2, 0) is 10.9 Å². The molecule has 23 heavy (non-hydrogen) atoms. The first-order valence-corrected chi connectivity index (χ1v) is 7.11. The van der Waals surface area contributed by atoms with E-state index in [0.29, 0.717) is 30.4 Å². The zero-order chi connectivity index (χ0) is 16.3. The van der Waals surface area contributed by atoms with Crippen molar-refractivity contribution >= 4 is 11.4 Å². The molecule has 2 N–H and O–H groups in total. The van der Waals surface area contributed by atoms with Crippen LogP contribution < -0.4 is 10.6 Å². The molecule has 1 fully saturated rings. The van der Waals surface area contributed by atoms with Crippen molar-refractivity contribution in [3.05, 3.63) is 48.0 Å². The summed E-state index contributed by atoms with van der Waals surface area (Å²) in [4.78, 5) is 8.47. The van der Waals surface area contributed by atoms with Crippen molar-refractivity contribution in [2.24, 2.45) is 0 Å². The molecule has 1 aromatic heterocycles. The lowest BCUT2D eigenvalue weighted by Crippen LogP contribution is -2.34. The van der Waals surface area contributed by atoms with Gasteiger partial charge in [-0.1, -0.05) is 0 Å². The van der Waals surface area contributed by atoms with E-state index in [1.807, 2.05) is 0 Å². The topological polar surface area (TPSA) is 59.1 Å². The van der Waals surface area contributed by atoms with Crippen LogP contribution in [0.2, 0.25) is 0 Å². The van der Waals surface area contributed by atoms with E-state index in [2.05, 4.69) is 20.6 Å². The van der Waals surface area contributed by atoms with Crippen molar-refractivity contribution in [3.63, 3.8) is 0 Å². The van der Waals surface area contributed by atoms with Crippen LogP contribution in [0.3, 0.4) is 0 Å². The van der Waals surface area contributed by atoms with Gasteiger partial charge >= 0.3 is 6.18 Å². The second-order valence-corrected chi connectivity index (χ2v) is 5.09. The maximum absolute atomic E-state index is 12.5. The molecule has 0 bridgehead atoms. The SMILES string of the molecule is FC(F)(F)c1ccc(Nc2cnc([C@@H]3CNCCO3)nc2)cc1. The van der Waals surface area contributed by atoms with Crippen molar-refractivity contribution in [2.45, 2.75) is 12.3 Å². The van der Waals surface area contributed by atoms with E-state index in [0.717, 1.165) is 18.7 Å². The van der Waals surface area contributed by atoms with Gasteiger partial charge in [-0.15, -0.1) is 0 Å². The minimum absolute atomic E-state index is 0.177. The number of halogens is 3. The molecular formula is C15H15F3N4O. The first-order valence-electron chi connectivity index (χ1n) is 7.11. The number of aromatic nitrogens is 2. The number of hydrogen-bond acceptors (Lipinski definition) is 5. The van der Waals surface area contributed by atoms with Gasteiger partial charge in [0, 0.05) is 18.8 Å². The lowest BCUT2D eigenvalue weighted by atomic mass is 10.2. The van der Waals surface area contributed by atoms with E-state index in [9.17, 15) is 13.2 Å². The van der Waals surface area contributed by atoms with Crippen LogP contribution in [0, 0.1) is 0 Å². The van der Waals surface area contributed by atoms with Gasteiger partial charge in [0.25, 0.3) is 0 Å². The molecular weight excluding hydrogens is 309 g/mol. The number of alkyl halides is 3. The Bertz CT molecular complexity index is 637. The Hall–Kier alpha value is -2.19. The van der Waals surface area contributed by atoms with Gasteiger partial charge in [-0.25, -0.2) is 9.97 Å². The standard InChI is InChI=1S/C15H15F3N4O/c16-15(17,18)10-1-3-11(4-2-10)22-12-7-20-14(21-8-12)13-9-19-5-6-23-13/h1-4,7-8,13,19,22H,5-6,9H2/t13-/m0/s1. The summed E-state index contributed by atoms with van der Waals surface area (Å²) < 4.78 is 43.1. The number of hydrogen-bond donors (Lipinski definition) is 2. The first kappa shape index (κ1) is 15.7. The molecule has 8 heteroatoms. The summed E-state index contributed by atoms with van der Waals surface area (Å²) in [6, 6.07) is 4.79. The summed E-state index contributed by atoms with van der Waals surface area (Å²) in [5.41, 5.74) is 0.443. The van der Waals surface area contributed by atoms with E-state index in [-0.39, 0.29) is 6.10 Å². The second kappa shape index (κ2) is 6.51. The summed E-state index contributed by atoms with van der Waals surface area (Å²) >= 11 is 0. The summed E-state index contributed by atoms with van der Waals surface area (Å²) in [6.07, 6.45) is -1.35. The maximum Gasteiger partial charge on any atom is 0.416 e. The number of anilines is 2. The molecule has 0 amide bonds. The van der Waals surface area contributed by atoms with Crippen LogP contribution in [0.15, 0.2) is 36.7 Å². The van der Waals surface area contributed by atoms with Crippen molar-refractivity contribution in [1.29, 1.82) is 0 Å². The maximum atomic E-state index is 12.5. The predicted octanol–water partition coefficient (Wildman–Crippen LogP) is 2.90. The van der Waals surface area contributed by atoms with Gasteiger partial charge in [0.2, 0.25) is 0 Å². The largest absolute Gasteiger partial charge is 0.416 e. The molecule has 2 heterocycles. The predicted molar refractivity (Wildman–Crippen MR) is 78.3 cm³/mol. The molecule has 0 saturated carbocycles. The van der Waals surface area contributed by atoms with Crippen LogP contribution in [-0.4, -0.2) is 29.7 Å². The lowest BCUT2D eigenvalue weighted by molar-refractivity contribution is -0.137. The molecule has 0 unspecified atom stereocenters. The zero-order valence-electron chi connectivity index (χ0n) is 12.1. The van der Waals surface area contributed by atoms with Gasteiger partial charge in [-0.2, -0.15) is 13.2 Å². The van der Waals surface area contributed by atoms with Crippen LogP contribution in [0.5, 0.6) is 0 Å². The van der Waals surface area contributed by atoms with Crippen LogP contribution in [0.4, 0.5) is 24.5 Å². The van der Waals surface area contributed by atoms with E-state index in [4.69, 9.17) is 4.74 Å². The molecule has 1 saturated heterocycles. The summed E-state index contributed by atoms with van der Waals surface area (Å²) in [6.45, 7) is 2.08. The molecule has 1 aromatic carbocycles. The fourth-order valence-electron chi connectivity index (χ4n) is 2.21. The van der Waals surface area contributed by atoms with Gasteiger partial charge in [-0.3, -0.25) is 0 Å². The molecule has 1 aliphatic heterocycles. The van der Waals surface area contributed by atoms with E-state index >= 15 is 0 Å². The fraction of sp³-hybridized carbons (Fsp3) is 0.333. The number of morpholine rings is 1. The lowest BCUT2D eigenvalue weighted by Gasteiger charge is -2.22. The Morgan fingerprint density at radius 3 is 2.35 bits per heavy atom. The number of ether oxygens (including phenoxy) is 1. The first-order chi connectivity index (χ1) is 11.0. The highest BCUT2D eigenvalue weighted by Crippen LogP contribution is 2.30. The molecule has 3 rings (SSSR count). The van der Waals surface area contributed by atoms with E-state index in [1.54, 1.807) is 12.4 Å². The number of nitrogens with one attached hydrogen (secondary N) is 2. The van der Waals surface area contributed by atoms with Gasteiger partial charge < -0.3 is 15.4 Å². The van der Waals surface area contributed by atoms with Crippen LogP contribution in [0.1, 0.15) is 17.5 Å². The molecule has 2 aromatic rings.